The van der Waals surface area contributed by atoms with E-state index in [1.807, 2.05) is 0 Å². The maximum atomic E-state index is 13.0. The molecule has 0 bridgehead atoms. The molecule has 1 aromatic carbocycles. The highest BCUT2D eigenvalue weighted by molar-refractivity contribution is 6.31. The van der Waals surface area contributed by atoms with E-state index in [0.717, 1.165) is 32.4 Å². The summed E-state index contributed by atoms with van der Waals surface area (Å²) in [7, 11) is 0. The van der Waals surface area contributed by atoms with Gasteiger partial charge in [-0.3, -0.25) is 4.79 Å². The average molecular weight is 283 g/mol. The van der Waals surface area contributed by atoms with E-state index in [-0.39, 0.29) is 22.3 Å². The Morgan fingerprint density at radius 3 is 2.84 bits per heavy atom. The molecular weight excluding hydrogens is 267 g/mol. The highest BCUT2D eigenvalue weighted by Crippen LogP contribution is 2.58. The monoisotopic (exact) mass is 282 g/mol. The molecule has 1 spiro atoms. The maximum Gasteiger partial charge on any atom is 0.228 e. The molecule has 1 aromatic rings. The van der Waals surface area contributed by atoms with E-state index in [4.69, 9.17) is 11.6 Å². The van der Waals surface area contributed by atoms with Gasteiger partial charge in [0, 0.05) is 11.6 Å². The SMILES string of the molecule is O=C(Nc1ccc(F)c(Cl)c1)C1CC12CCNCC2. The Morgan fingerprint density at radius 2 is 2.16 bits per heavy atom. The molecule has 1 aliphatic carbocycles. The van der Waals surface area contributed by atoms with E-state index in [2.05, 4.69) is 10.6 Å². The van der Waals surface area contributed by atoms with E-state index in [0.29, 0.717) is 5.69 Å². The molecule has 1 saturated heterocycles. The third-order valence-electron chi connectivity index (χ3n) is 4.29. The first kappa shape index (κ1) is 12.9. The molecule has 1 heterocycles. The Hall–Kier alpha value is -1.13. The number of carbonyl (C=O) groups is 1. The highest BCUT2D eigenvalue weighted by atomic mass is 35.5. The van der Waals surface area contributed by atoms with Gasteiger partial charge in [0.1, 0.15) is 5.82 Å². The molecule has 2 aliphatic rings. The normalized spacial score (nSPS) is 24.2. The van der Waals surface area contributed by atoms with E-state index in [9.17, 15) is 9.18 Å². The second kappa shape index (κ2) is 4.76. The van der Waals surface area contributed by atoms with Crippen LogP contribution in [-0.2, 0) is 4.79 Å². The third-order valence-corrected chi connectivity index (χ3v) is 4.58. The average Bonchev–Trinajstić information content (AvgIpc) is 3.08. The smallest absolute Gasteiger partial charge is 0.228 e. The summed E-state index contributed by atoms with van der Waals surface area (Å²) < 4.78 is 13.0. The fourth-order valence-corrected chi connectivity index (χ4v) is 3.18. The van der Waals surface area contributed by atoms with E-state index in [1.165, 1.54) is 18.2 Å². The largest absolute Gasteiger partial charge is 0.326 e. The van der Waals surface area contributed by atoms with Crippen molar-refractivity contribution >= 4 is 23.2 Å². The number of piperidine rings is 1. The summed E-state index contributed by atoms with van der Waals surface area (Å²) in [6.45, 7) is 1.98. The number of carbonyl (C=O) groups excluding carboxylic acids is 1. The molecule has 3 nitrogen and oxygen atoms in total. The number of hydrogen-bond acceptors (Lipinski definition) is 2. The molecule has 1 aliphatic heterocycles. The fraction of sp³-hybridized carbons (Fsp3) is 0.500. The molecule has 1 amide bonds. The van der Waals surface area contributed by atoms with E-state index < -0.39 is 5.82 Å². The minimum atomic E-state index is -0.471. The van der Waals surface area contributed by atoms with Crippen LogP contribution < -0.4 is 10.6 Å². The molecule has 19 heavy (non-hydrogen) atoms. The van der Waals surface area contributed by atoms with Crippen molar-refractivity contribution in [3.8, 4) is 0 Å². The molecule has 2 fully saturated rings. The molecule has 2 N–H and O–H groups in total. The van der Waals surface area contributed by atoms with Gasteiger partial charge in [0.25, 0.3) is 0 Å². The predicted molar refractivity (Wildman–Crippen MR) is 72.7 cm³/mol. The molecule has 1 unspecified atom stereocenters. The number of benzene rings is 1. The molecule has 3 rings (SSSR count). The molecule has 0 aromatic heterocycles. The second-order valence-corrected chi connectivity index (χ2v) is 5.89. The van der Waals surface area contributed by atoms with Gasteiger partial charge < -0.3 is 10.6 Å². The molecule has 5 heteroatoms. The van der Waals surface area contributed by atoms with Gasteiger partial charge in [-0.05, 0) is 56.0 Å². The quantitative estimate of drug-likeness (QED) is 0.876. The second-order valence-electron chi connectivity index (χ2n) is 5.49. The Bertz CT molecular complexity index is 514. The summed E-state index contributed by atoms with van der Waals surface area (Å²) in [6, 6.07) is 4.26. The summed E-state index contributed by atoms with van der Waals surface area (Å²) in [5.41, 5.74) is 0.770. The zero-order valence-corrected chi connectivity index (χ0v) is 11.3. The lowest BCUT2D eigenvalue weighted by molar-refractivity contribution is -0.118. The summed E-state index contributed by atoms with van der Waals surface area (Å²) in [5.74, 6) is -0.344. The van der Waals surface area contributed by atoms with Crippen molar-refractivity contribution in [2.45, 2.75) is 19.3 Å². The predicted octanol–water partition coefficient (Wildman–Crippen LogP) is 2.81. The number of halogens is 2. The van der Waals surface area contributed by atoms with E-state index >= 15 is 0 Å². The Labute approximate surface area is 116 Å². The Morgan fingerprint density at radius 1 is 1.42 bits per heavy atom. The van der Waals surface area contributed by atoms with Gasteiger partial charge in [0.2, 0.25) is 5.91 Å². The topological polar surface area (TPSA) is 41.1 Å². The minimum Gasteiger partial charge on any atom is -0.326 e. The van der Waals surface area contributed by atoms with Crippen LogP contribution >= 0.6 is 11.6 Å². The summed E-state index contributed by atoms with van der Waals surface area (Å²) in [5, 5.41) is 6.18. The molecular formula is C14H16ClFN2O. The highest BCUT2D eigenvalue weighted by Gasteiger charge is 2.57. The molecule has 102 valence electrons. The van der Waals surface area contributed by atoms with Crippen LogP contribution in [0.3, 0.4) is 0 Å². The van der Waals surface area contributed by atoms with Crippen LogP contribution in [-0.4, -0.2) is 19.0 Å². The van der Waals surface area contributed by atoms with Crippen LogP contribution in [0.2, 0.25) is 5.02 Å². The van der Waals surface area contributed by atoms with Crippen molar-refractivity contribution in [1.29, 1.82) is 0 Å². The number of hydrogen-bond donors (Lipinski definition) is 2. The van der Waals surface area contributed by atoms with Gasteiger partial charge in [-0.2, -0.15) is 0 Å². The van der Waals surface area contributed by atoms with Crippen LogP contribution in [0.5, 0.6) is 0 Å². The van der Waals surface area contributed by atoms with Gasteiger partial charge >= 0.3 is 0 Å². The first-order valence-corrected chi connectivity index (χ1v) is 6.95. The first-order valence-electron chi connectivity index (χ1n) is 6.57. The third kappa shape index (κ3) is 2.47. The lowest BCUT2D eigenvalue weighted by atomic mass is 9.92. The molecule has 0 radical (unpaired) electrons. The number of anilines is 1. The zero-order valence-electron chi connectivity index (χ0n) is 10.5. The Kier molecular flexibility index (Phi) is 3.23. The van der Waals surface area contributed by atoms with Gasteiger partial charge in [0.15, 0.2) is 0 Å². The van der Waals surface area contributed by atoms with Crippen LogP contribution in [0.25, 0.3) is 0 Å². The standard InChI is InChI=1S/C14H16ClFN2O/c15-11-7-9(1-2-12(11)16)18-13(19)10-8-14(10)3-5-17-6-4-14/h1-2,7,10,17H,3-6,8H2,(H,18,19). The maximum absolute atomic E-state index is 13.0. The van der Waals surface area contributed by atoms with Crippen LogP contribution in [0.4, 0.5) is 10.1 Å². The number of nitrogens with one attached hydrogen (secondary N) is 2. The van der Waals surface area contributed by atoms with Crippen LogP contribution in [0.15, 0.2) is 18.2 Å². The van der Waals surface area contributed by atoms with Crippen LogP contribution in [0.1, 0.15) is 19.3 Å². The summed E-state index contributed by atoms with van der Waals surface area (Å²) in [6.07, 6.45) is 3.10. The lowest BCUT2D eigenvalue weighted by Gasteiger charge is -2.23. The summed E-state index contributed by atoms with van der Waals surface area (Å²) in [4.78, 5) is 12.2. The lowest BCUT2D eigenvalue weighted by Crippen LogP contribution is -2.31. The van der Waals surface area contributed by atoms with E-state index in [1.54, 1.807) is 0 Å². The molecule has 1 saturated carbocycles. The van der Waals surface area contributed by atoms with Gasteiger partial charge in [0.05, 0.1) is 5.02 Å². The van der Waals surface area contributed by atoms with Crippen LogP contribution in [0, 0.1) is 17.2 Å². The van der Waals surface area contributed by atoms with Crippen molar-refractivity contribution in [2.75, 3.05) is 18.4 Å². The van der Waals surface area contributed by atoms with Crippen molar-refractivity contribution in [3.63, 3.8) is 0 Å². The first-order chi connectivity index (χ1) is 9.11. The summed E-state index contributed by atoms with van der Waals surface area (Å²) >= 11 is 5.70. The van der Waals surface area contributed by atoms with Crippen molar-refractivity contribution in [3.05, 3.63) is 29.0 Å². The van der Waals surface area contributed by atoms with Crippen molar-refractivity contribution in [2.24, 2.45) is 11.3 Å². The van der Waals surface area contributed by atoms with Gasteiger partial charge in [-0.25, -0.2) is 4.39 Å². The fourth-order valence-electron chi connectivity index (χ4n) is 3.00. The van der Waals surface area contributed by atoms with Gasteiger partial charge in [-0.15, -0.1) is 0 Å². The zero-order chi connectivity index (χ0) is 13.5. The minimum absolute atomic E-state index is 0.0320. The Balaban J connectivity index is 1.64. The van der Waals surface area contributed by atoms with Crippen molar-refractivity contribution < 1.29 is 9.18 Å². The number of rotatable bonds is 2. The van der Waals surface area contributed by atoms with Gasteiger partial charge in [-0.1, -0.05) is 11.6 Å². The molecule has 1 atom stereocenters. The van der Waals surface area contributed by atoms with Crippen molar-refractivity contribution in [1.82, 2.24) is 5.32 Å². The number of amides is 1.